The summed E-state index contributed by atoms with van der Waals surface area (Å²) in [5.74, 6) is 0.717. The molecule has 0 saturated heterocycles. The fourth-order valence-electron chi connectivity index (χ4n) is 2.21. The lowest BCUT2D eigenvalue weighted by Gasteiger charge is -1.97. The number of phenolic OH excluding ortho intramolecular Hbond substituents is 1. The Morgan fingerprint density at radius 1 is 1.00 bits per heavy atom. The summed E-state index contributed by atoms with van der Waals surface area (Å²) >= 11 is 0. The third-order valence-corrected chi connectivity index (χ3v) is 3.17. The molecule has 0 radical (unpaired) electrons. The van der Waals surface area contributed by atoms with E-state index in [2.05, 4.69) is 0 Å². The lowest BCUT2D eigenvalue weighted by atomic mass is 10.1. The molecule has 0 amide bonds. The third kappa shape index (κ3) is 2.03. The maximum absolute atomic E-state index is 10.3. The standard InChI is InChI=1S/C17H14O3/c1-2-3-11-4-9-15-14(10-11)16(19)17(20-15)12-5-7-13(18)8-6-12/h2-10,18-19H,1H3/b3-2+. The quantitative estimate of drug-likeness (QED) is 0.715. The van der Waals surface area contributed by atoms with Gasteiger partial charge in [-0.2, -0.15) is 0 Å². The van der Waals surface area contributed by atoms with E-state index in [1.165, 1.54) is 0 Å². The number of hydrogen-bond donors (Lipinski definition) is 2. The third-order valence-electron chi connectivity index (χ3n) is 3.17. The van der Waals surface area contributed by atoms with Crippen LogP contribution in [0.15, 0.2) is 53.0 Å². The van der Waals surface area contributed by atoms with Gasteiger partial charge in [0.2, 0.25) is 0 Å². The fraction of sp³-hybridized carbons (Fsp3) is 0.0588. The second kappa shape index (κ2) is 4.78. The molecule has 3 rings (SSSR count). The van der Waals surface area contributed by atoms with Crippen LogP contribution in [0, 0.1) is 0 Å². The monoisotopic (exact) mass is 266 g/mol. The molecule has 0 aliphatic rings. The van der Waals surface area contributed by atoms with Crippen LogP contribution in [-0.2, 0) is 0 Å². The smallest absolute Gasteiger partial charge is 0.177 e. The molecule has 20 heavy (non-hydrogen) atoms. The van der Waals surface area contributed by atoms with E-state index in [9.17, 15) is 10.2 Å². The molecule has 0 aliphatic carbocycles. The van der Waals surface area contributed by atoms with Gasteiger partial charge in [-0.1, -0.05) is 18.2 Å². The summed E-state index contributed by atoms with van der Waals surface area (Å²) in [6.07, 6.45) is 3.91. The van der Waals surface area contributed by atoms with E-state index < -0.39 is 0 Å². The summed E-state index contributed by atoms with van der Waals surface area (Å²) < 4.78 is 5.70. The maximum Gasteiger partial charge on any atom is 0.177 e. The Kier molecular flexibility index (Phi) is 2.95. The van der Waals surface area contributed by atoms with Crippen molar-refractivity contribution in [3.63, 3.8) is 0 Å². The molecule has 3 heteroatoms. The second-order valence-corrected chi connectivity index (χ2v) is 4.58. The summed E-state index contributed by atoms with van der Waals surface area (Å²) in [7, 11) is 0. The SMILES string of the molecule is C/C=C/c1ccc2oc(-c3ccc(O)cc3)c(O)c2c1. The molecule has 100 valence electrons. The number of fused-ring (bicyclic) bond motifs is 1. The molecular formula is C17H14O3. The molecule has 0 spiro atoms. The molecule has 0 aliphatic heterocycles. The van der Waals surface area contributed by atoms with Crippen molar-refractivity contribution in [2.75, 3.05) is 0 Å². The summed E-state index contributed by atoms with van der Waals surface area (Å²) in [5.41, 5.74) is 2.37. The van der Waals surface area contributed by atoms with Gasteiger partial charge in [0.1, 0.15) is 11.3 Å². The minimum absolute atomic E-state index is 0.122. The van der Waals surface area contributed by atoms with Crippen LogP contribution in [0.3, 0.4) is 0 Å². The number of furan rings is 1. The molecule has 2 aromatic carbocycles. The van der Waals surface area contributed by atoms with Crippen LogP contribution in [0.2, 0.25) is 0 Å². The van der Waals surface area contributed by atoms with Gasteiger partial charge in [-0.25, -0.2) is 0 Å². The lowest BCUT2D eigenvalue weighted by Crippen LogP contribution is -1.74. The summed E-state index contributed by atoms with van der Waals surface area (Å²) in [5, 5.41) is 20.3. The zero-order chi connectivity index (χ0) is 14.1. The van der Waals surface area contributed by atoms with Crippen LogP contribution in [0.25, 0.3) is 28.4 Å². The van der Waals surface area contributed by atoms with Gasteiger partial charge < -0.3 is 14.6 Å². The van der Waals surface area contributed by atoms with E-state index in [1.54, 1.807) is 24.3 Å². The minimum Gasteiger partial charge on any atom is -0.508 e. The van der Waals surface area contributed by atoms with Crippen molar-refractivity contribution in [1.29, 1.82) is 0 Å². The second-order valence-electron chi connectivity index (χ2n) is 4.58. The van der Waals surface area contributed by atoms with E-state index in [4.69, 9.17) is 4.42 Å². The average Bonchev–Trinajstić information content (AvgIpc) is 2.78. The van der Waals surface area contributed by atoms with E-state index in [0.29, 0.717) is 16.7 Å². The van der Waals surface area contributed by atoms with E-state index in [-0.39, 0.29) is 11.5 Å². The minimum atomic E-state index is 0.122. The first-order chi connectivity index (χ1) is 9.69. The fourth-order valence-corrected chi connectivity index (χ4v) is 2.21. The molecule has 1 heterocycles. The van der Waals surface area contributed by atoms with Gasteiger partial charge in [-0.05, 0) is 48.9 Å². The highest BCUT2D eigenvalue weighted by Gasteiger charge is 2.15. The van der Waals surface area contributed by atoms with Crippen LogP contribution >= 0.6 is 0 Å². The molecular weight excluding hydrogens is 252 g/mol. The van der Waals surface area contributed by atoms with E-state index in [0.717, 1.165) is 11.1 Å². The van der Waals surface area contributed by atoms with Gasteiger partial charge >= 0.3 is 0 Å². The lowest BCUT2D eigenvalue weighted by molar-refractivity contribution is 0.469. The summed E-state index contributed by atoms with van der Waals surface area (Å²) in [4.78, 5) is 0. The van der Waals surface area contributed by atoms with Gasteiger partial charge in [-0.15, -0.1) is 0 Å². The normalized spacial score (nSPS) is 11.4. The van der Waals surface area contributed by atoms with Crippen molar-refractivity contribution in [1.82, 2.24) is 0 Å². The predicted molar refractivity (Wildman–Crippen MR) is 79.7 cm³/mol. The highest BCUT2D eigenvalue weighted by atomic mass is 16.4. The van der Waals surface area contributed by atoms with Crippen molar-refractivity contribution >= 4 is 17.0 Å². The summed E-state index contributed by atoms with van der Waals surface area (Å²) in [6, 6.07) is 12.2. The highest BCUT2D eigenvalue weighted by molar-refractivity contribution is 5.92. The first-order valence-corrected chi connectivity index (χ1v) is 6.36. The number of hydrogen-bond acceptors (Lipinski definition) is 3. The first-order valence-electron chi connectivity index (χ1n) is 6.36. The van der Waals surface area contributed by atoms with Gasteiger partial charge in [0.05, 0.1) is 5.39 Å². The molecule has 2 N–H and O–H groups in total. The molecule has 0 atom stereocenters. The van der Waals surface area contributed by atoms with Crippen LogP contribution in [-0.4, -0.2) is 10.2 Å². The zero-order valence-electron chi connectivity index (χ0n) is 11.0. The molecule has 1 aromatic heterocycles. The van der Waals surface area contributed by atoms with Crippen molar-refractivity contribution in [3.8, 4) is 22.8 Å². The van der Waals surface area contributed by atoms with Gasteiger partial charge in [-0.3, -0.25) is 0 Å². The Morgan fingerprint density at radius 3 is 2.45 bits per heavy atom. The Hall–Kier alpha value is -2.68. The van der Waals surface area contributed by atoms with Gasteiger partial charge in [0, 0.05) is 5.56 Å². The van der Waals surface area contributed by atoms with E-state index in [1.807, 2.05) is 37.3 Å². The number of aromatic hydroxyl groups is 2. The highest BCUT2D eigenvalue weighted by Crippen LogP contribution is 2.39. The summed E-state index contributed by atoms with van der Waals surface area (Å²) in [6.45, 7) is 1.95. The number of rotatable bonds is 2. The van der Waals surface area contributed by atoms with Gasteiger partial charge in [0.25, 0.3) is 0 Å². The topological polar surface area (TPSA) is 53.6 Å². The van der Waals surface area contributed by atoms with E-state index >= 15 is 0 Å². The molecule has 3 aromatic rings. The number of benzene rings is 2. The Bertz CT molecular complexity index is 780. The largest absolute Gasteiger partial charge is 0.508 e. The van der Waals surface area contributed by atoms with Crippen LogP contribution < -0.4 is 0 Å². The Labute approximate surface area is 116 Å². The molecule has 0 saturated carbocycles. The predicted octanol–water partition coefficient (Wildman–Crippen LogP) is 4.54. The molecule has 0 fully saturated rings. The molecule has 0 bridgehead atoms. The molecule has 3 nitrogen and oxygen atoms in total. The number of phenols is 1. The van der Waals surface area contributed by atoms with Crippen molar-refractivity contribution < 1.29 is 14.6 Å². The molecule has 0 unspecified atom stereocenters. The van der Waals surface area contributed by atoms with Crippen molar-refractivity contribution in [3.05, 3.63) is 54.1 Å². The Balaban J connectivity index is 2.17. The van der Waals surface area contributed by atoms with Crippen molar-refractivity contribution in [2.45, 2.75) is 6.92 Å². The average molecular weight is 266 g/mol. The van der Waals surface area contributed by atoms with Gasteiger partial charge in [0.15, 0.2) is 11.5 Å². The van der Waals surface area contributed by atoms with Crippen LogP contribution in [0.4, 0.5) is 0 Å². The maximum atomic E-state index is 10.3. The Morgan fingerprint density at radius 2 is 1.75 bits per heavy atom. The first kappa shape index (κ1) is 12.4. The number of allylic oxidation sites excluding steroid dienone is 1. The zero-order valence-corrected chi connectivity index (χ0v) is 11.0. The van der Waals surface area contributed by atoms with Crippen molar-refractivity contribution in [2.24, 2.45) is 0 Å². The van der Waals surface area contributed by atoms with Crippen LogP contribution in [0.1, 0.15) is 12.5 Å². The van der Waals surface area contributed by atoms with Crippen LogP contribution in [0.5, 0.6) is 11.5 Å².